The van der Waals surface area contributed by atoms with E-state index in [0.717, 1.165) is 36.8 Å². The van der Waals surface area contributed by atoms with Gasteiger partial charge in [-0.1, -0.05) is 36.7 Å². The summed E-state index contributed by atoms with van der Waals surface area (Å²) in [6.07, 6.45) is 0.950. The topological polar surface area (TPSA) is 29.9 Å². The third-order valence-electron chi connectivity index (χ3n) is 3.73. The third-order valence-corrected chi connectivity index (χ3v) is 4.07. The number of benzene rings is 1. The number of aromatic nitrogens is 2. The second kappa shape index (κ2) is 7.62. The van der Waals surface area contributed by atoms with Crippen molar-refractivity contribution in [2.75, 3.05) is 13.1 Å². The van der Waals surface area contributed by atoms with E-state index in [4.69, 9.17) is 11.6 Å². The lowest BCUT2D eigenvalue weighted by molar-refractivity contribution is 0.551. The Morgan fingerprint density at radius 3 is 2.71 bits per heavy atom. The summed E-state index contributed by atoms with van der Waals surface area (Å²) < 4.78 is 2.09. The number of aryl methyl sites for hydroxylation is 2. The van der Waals surface area contributed by atoms with Gasteiger partial charge in [-0.05, 0) is 44.5 Å². The Morgan fingerprint density at radius 2 is 2.05 bits per heavy atom. The molecule has 0 aliphatic rings. The van der Waals surface area contributed by atoms with Gasteiger partial charge >= 0.3 is 0 Å². The second-order valence-electron chi connectivity index (χ2n) is 5.32. The maximum Gasteiger partial charge on any atom is 0.0596 e. The number of likely N-dealkylation sites (N-methyl/N-ethyl adjacent to an activating group) is 1. The van der Waals surface area contributed by atoms with Crippen molar-refractivity contribution in [1.29, 1.82) is 0 Å². The lowest BCUT2D eigenvalue weighted by Gasteiger charge is -2.19. The molecule has 21 heavy (non-hydrogen) atoms. The van der Waals surface area contributed by atoms with Crippen molar-refractivity contribution in [2.24, 2.45) is 0 Å². The molecule has 0 radical (unpaired) electrons. The lowest BCUT2D eigenvalue weighted by Crippen LogP contribution is -2.23. The van der Waals surface area contributed by atoms with E-state index >= 15 is 0 Å². The standard InChI is InChI=1S/C17H24ClN3/c1-4-19-12-14(16-8-6-7-9-17(16)18)11-15-10-13(3)20-21(15)5-2/h6-10,14,19H,4-5,11-12H2,1-3H3. The van der Waals surface area contributed by atoms with Gasteiger partial charge in [0.1, 0.15) is 0 Å². The molecule has 3 nitrogen and oxygen atoms in total. The molecule has 0 aliphatic heterocycles. The fraction of sp³-hybridized carbons (Fsp3) is 0.471. The van der Waals surface area contributed by atoms with Crippen molar-refractivity contribution < 1.29 is 0 Å². The summed E-state index contributed by atoms with van der Waals surface area (Å²) in [5.74, 6) is 0.361. The van der Waals surface area contributed by atoms with Gasteiger partial charge in [0.2, 0.25) is 0 Å². The maximum atomic E-state index is 6.39. The first-order valence-corrected chi connectivity index (χ1v) is 8.02. The molecule has 1 atom stereocenters. The Kier molecular flexibility index (Phi) is 5.83. The Hall–Kier alpha value is -1.32. The molecule has 0 bridgehead atoms. The third kappa shape index (κ3) is 4.08. The molecule has 1 N–H and O–H groups in total. The number of halogens is 1. The quantitative estimate of drug-likeness (QED) is 0.843. The van der Waals surface area contributed by atoms with Crippen molar-refractivity contribution in [2.45, 2.75) is 39.7 Å². The molecule has 0 spiro atoms. The van der Waals surface area contributed by atoms with Crippen LogP contribution in [0.1, 0.15) is 36.7 Å². The van der Waals surface area contributed by atoms with Gasteiger partial charge < -0.3 is 5.32 Å². The predicted molar refractivity (Wildman–Crippen MR) is 89.1 cm³/mol. The SMILES string of the molecule is CCNCC(Cc1cc(C)nn1CC)c1ccccc1Cl. The molecule has 0 fully saturated rings. The summed E-state index contributed by atoms with van der Waals surface area (Å²) in [6.45, 7) is 9.10. The van der Waals surface area contributed by atoms with Crippen molar-refractivity contribution in [1.82, 2.24) is 15.1 Å². The van der Waals surface area contributed by atoms with Gasteiger partial charge in [-0.2, -0.15) is 5.10 Å². The van der Waals surface area contributed by atoms with E-state index in [1.165, 1.54) is 11.3 Å². The second-order valence-corrected chi connectivity index (χ2v) is 5.73. The van der Waals surface area contributed by atoms with E-state index in [0.29, 0.717) is 5.92 Å². The zero-order valence-electron chi connectivity index (χ0n) is 13.1. The Bertz CT molecular complexity index is 577. The molecule has 1 heterocycles. The summed E-state index contributed by atoms with van der Waals surface area (Å²) in [5.41, 5.74) is 3.56. The lowest BCUT2D eigenvalue weighted by atomic mass is 9.93. The van der Waals surface area contributed by atoms with Crippen LogP contribution in [0.2, 0.25) is 5.02 Å². The summed E-state index contributed by atoms with van der Waals surface area (Å²) in [4.78, 5) is 0. The highest BCUT2D eigenvalue weighted by atomic mass is 35.5. The van der Waals surface area contributed by atoms with Crippen LogP contribution >= 0.6 is 11.6 Å². The fourth-order valence-electron chi connectivity index (χ4n) is 2.71. The van der Waals surface area contributed by atoms with Crippen LogP contribution < -0.4 is 5.32 Å². The fourth-order valence-corrected chi connectivity index (χ4v) is 3.00. The molecular weight excluding hydrogens is 282 g/mol. The molecular formula is C17H24ClN3. The summed E-state index contributed by atoms with van der Waals surface area (Å²) >= 11 is 6.39. The molecule has 0 aliphatic carbocycles. The van der Waals surface area contributed by atoms with Crippen LogP contribution in [0, 0.1) is 6.92 Å². The highest BCUT2D eigenvalue weighted by Gasteiger charge is 2.17. The van der Waals surface area contributed by atoms with Gasteiger partial charge in [0.15, 0.2) is 0 Å². The average molecular weight is 306 g/mol. The van der Waals surface area contributed by atoms with Gasteiger partial charge in [0.05, 0.1) is 5.69 Å². The van der Waals surface area contributed by atoms with Gasteiger partial charge in [-0.15, -0.1) is 0 Å². The molecule has 1 aromatic heterocycles. The van der Waals surface area contributed by atoms with Gasteiger partial charge in [-0.3, -0.25) is 4.68 Å². The van der Waals surface area contributed by atoms with Crippen LogP contribution in [0.25, 0.3) is 0 Å². The van der Waals surface area contributed by atoms with Crippen molar-refractivity contribution >= 4 is 11.6 Å². The molecule has 1 aromatic carbocycles. The minimum Gasteiger partial charge on any atom is -0.316 e. The predicted octanol–water partition coefficient (Wildman–Crippen LogP) is 3.80. The molecule has 0 saturated heterocycles. The van der Waals surface area contributed by atoms with Gasteiger partial charge in [-0.25, -0.2) is 0 Å². The van der Waals surface area contributed by atoms with Crippen molar-refractivity contribution in [3.63, 3.8) is 0 Å². The molecule has 0 saturated carbocycles. The van der Waals surface area contributed by atoms with Crippen LogP contribution in [-0.4, -0.2) is 22.9 Å². The zero-order chi connectivity index (χ0) is 15.2. The molecule has 0 amide bonds. The Morgan fingerprint density at radius 1 is 1.29 bits per heavy atom. The number of hydrogen-bond donors (Lipinski definition) is 1. The largest absolute Gasteiger partial charge is 0.316 e. The summed E-state index contributed by atoms with van der Waals surface area (Å²) in [7, 11) is 0. The first kappa shape index (κ1) is 16.1. The minimum atomic E-state index is 0.361. The minimum absolute atomic E-state index is 0.361. The maximum absolute atomic E-state index is 6.39. The van der Waals surface area contributed by atoms with Crippen LogP contribution in [-0.2, 0) is 13.0 Å². The van der Waals surface area contributed by atoms with E-state index in [1.54, 1.807) is 0 Å². The smallest absolute Gasteiger partial charge is 0.0596 e. The van der Waals surface area contributed by atoms with E-state index < -0.39 is 0 Å². The molecule has 114 valence electrons. The molecule has 1 unspecified atom stereocenters. The van der Waals surface area contributed by atoms with E-state index in [9.17, 15) is 0 Å². The Balaban J connectivity index is 2.26. The highest BCUT2D eigenvalue weighted by Crippen LogP contribution is 2.27. The van der Waals surface area contributed by atoms with E-state index in [-0.39, 0.29) is 0 Å². The van der Waals surface area contributed by atoms with Gasteiger partial charge in [0, 0.05) is 29.7 Å². The van der Waals surface area contributed by atoms with Crippen LogP contribution in [0.4, 0.5) is 0 Å². The number of nitrogens with one attached hydrogen (secondary N) is 1. The number of rotatable bonds is 7. The monoisotopic (exact) mass is 305 g/mol. The molecule has 2 rings (SSSR count). The Labute approximate surface area is 132 Å². The van der Waals surface area contributed by atoms with E-state index in [1.807, 2.05) is 19.1 Å². The number of hydrogen-bond acceptors (Lipinski definition) is 2. The van der Waals surface area contributed by atoms with Crippen LogP contribution in [0.15, 0.2) is 30.3 Å². The average Bonchev–Trinajstić information content (AvgIpc) is 2.84. The van der Waals surface area contributed by atoms with Crippen molar-refractivity contribution in [3.8, 4) is 0 Å². The summed E-state index contributed by atoms with van der Waals surface area (Å²) in [6, 6.07) is 10.3. The van der Waals surface area contributed by atoms with Gasteiger partial charge in [0.25, 0.3) is 0 Å². The summed E-state index contributed by atoms with van der Waals surface area (Å²) in [5, 5.41) is 8.84. The normalized spacial score (nSPS) is 12.6. The first-order valence-electron chi connectivity index (χ1n) is 7.64. The molecule has 4 heteroatoms. The van der Waals surface area contributed by atoms with E-state index in [2.05, 4.69) is 47.1 Å². The van der Waals surface area contributed by atoms with Crippen LogP contribution in [0.5, 0.6) is 0 Å². The highest BCUT2D eigenvalue weighted by molar-refractivity contribution is 6.31. The van der Waals surface area contributed by atoms with Crippen LogP contribution in [0.3, 0.4) is 0 Å². The first-order chi connectivity index (χ1) is 10.2. The zero-order valence-corrected chi connectivity index (χ0v) is 13.8. The number of nitrogens with zero attached hydrogens (tertiary/aromatic N) is 2. The van der Waals surface area contributed by atoms with Crippen molar-refractivity contribution in [3.05, 3.63) is 52.3 Å². The molecule has 2 aromatic rings.